The summed E-state index contributed by atoms with van der Waals surface area (Å²) in [5.41, 5.74) is 1.08. The number of nitrogens with zero attached hydrogens (tertiary/aromatic N) is 1. The van der Waals surface area contributed by atoms with Crippen LogP contribution in [0.1, 0.15) is 6.92 Å². The lowest BCUT2D eigenvalue weighted by molar-refractivity contribution is -0.120. The van der Waals surface area contributed by atoms with Gasteiger partial charge in [-0.3, -0.25) is 14.5 Å². The first-order chi connectivity index (χ1) is 13.5. The zero-order chi connectivity index (χ0) is 19.9. The topological polar surface area (TPSA) is 58.6 Å². The van der Waals surface area contributed by atoms with Gasteiger partial charge in [-0.05, 0) is 42.5 Å². The third-order valence-corrected chi connectivity index (χ3v) is 4.15. The fraction of sp³-hybridized carbons (Fsp3) is 0.0909. The maximum absolute atomic E-state index is 12.5. The molecule has 2 amide bonds. The Morgan fingerprint density at radius 3 is 2.39 bits per heavy atom. The molecule has 1 N–H and O–H groups in total. The molecule has 3 rings (SSSR count). The zero-order valence-corrected chi connectivity index (χ0v) is 16.0. The first kappa shape index (κ1) is 19.5. The van der Waals surface area contributed by atoms with Gasteiger partial charge < -0.3 is 10.1 Å². The molecule has 0 aliphatic heterocycles. The van der Waals surface area contributed by atoms with Crippen molar-refractivity contribution >= 4 is 34.8 Å². The zero-order valence-electron chi connectivity index (χ0n) is 15.3. The Hall–Kier alpha value is -3.31. The van der Waals surface area contributed by atoms with Gasteiger partial charge in [-0.25, -0.2) is 0 Å². The quantitative estimate of drug-likeness (QED) is 0.631. The normalized spacial score (nSPS) is 10.2. The van der Waals surface area contributed by atoms with E-state index in [4.69, 9.17) is 16.3 Å². The molecule has 28 heavy (non-hydrogen) atoms. The highest BCUT2D eigenvalue weighted by Gasteiger charge is 2.20. The first-order valence-corrected chi connectivity index (χ1v) is 9.06. The van der Waals surface area contributed by atoms with E-state index in [0.717, 1.165) is 0 Å². The van der Waals surface area contributed by atoms with Gasteiger partial charge in [0.2, 0.25) is 11.8 Å². The number of carbonyl (C=O) groups is 2. The smallest absolute Gasteiger partial charge is 0.244 e. The number of ether oxygens (including phenoxy) is 1. The molecule has 5 nitrogen and oxygen atoms in total. The molecule has 6 heteroatoms. The predicted octanol–water partition coefficient (Wildman–Crippen LogP) is 5.12. The number of amides is 2. The van der Waals surface area contributed by atoms with Crippen molar-refractivity contribution in [3.05, 3.63) is 83.9 Å². The van der Waals surface area contributed by atoms with E-state index < -0.39 is 0 Å². The highest BCUT2D eigenvalue weighted by atomic mass is 35.5. The minimum atomic E-state index is -0.341. The minimum absolute atomic E-state index is 0.156. The number of para-hydroxylation sites is 3. The second-order valence-corrected chi connectivity index (χ2v) is 6.48. The van der Waals surface area contributed by atoms with Crippen LogP contribution in [-0.2, 0) is 9.59 Å². The van der Waals surface area contributed by atoms with Crippen LogP contribution in [-0.4, -0.2) is 18.4 Å². The summed E-state index contributed by atoms with van der Waals surface area (Å²) in [6, 6.07) is 23.2. The molecule has 0 saturated heterocycles. The van der Waals surface area contributed by atoms with Gasteiger partial charge in [0, 0.05) is 17.6 Å². The van der Waals surface area contributed by atoms with Crippen molar-refractivity contribution in [3.8, 4) is 11.5 Å². The van der Waals surface area contributed by atoms with Gasteiger partial charge >= 0.3 is 0 Å². The van der Waals surface area contributed by atoms with Gasteiger partial charge in [0.05, 0.1) is 5.69 Å². The van der Waals surface area contributed by atoms with Crippen molar-refractivity contribution in [2.75, 3.05) is 16.8 Å². The summed E-state index contributed by atoms with van der Waals surface area (Å²) in [6.07, 6.45) is 0. The third kappa shape index (κ3) is 5.11. The summed E-state index contributed by atoms with van der Waals surface area (Å²) >= 11 is 5.95. The molecule has 142 valence electrons. The molecule has 0 bridgehead atoms. The van der Waals surface area contributed by atoms with Crippen LogP contribution < -0.4 is 15.0 Å². The summed E-state index contributed by atoms with van der Waals surface area (Å²) in [7, 11) is 0. The average Bonchev–Trinajstić information content (AvgIpc) is 2.67. The third-order valence-electron chi connectivity index (χ3n) is 3.92. The average molecular weight is 395 g/mol. The summed E-state index contributed by atoms with van der Waals surface area (Å²) in [6.45, 7) is 1.25. The van der Waals surface area contributed by atoms with Crippen LogP contribution in [0.5, 0.6) is 11.5 Å². The second kappa shape index (κ2) is 9.06. The van der Waals surface area contributed by atoms with Gasteiger partial charge in [-0.1, -0.05) is 48.0 Å². The maximum Gasteiger partial charge on any atom is 0.244 e. The SMILES string of the molecule is CC(=O)N(CC(=O)Nc1cccc(Cl)c1)c1ccccc1Oc1ccccc1. The molecule has 0 aromatic heterocycles. The van der Waals surface area contributed by atoms with Gasteiger partial charge in [-0.15, -0.1) is 0 Å². The Morgan fingerprint density at radius 2 is 1.68 bits per heavy atom. The highest BCUT2D eigenvalue weighted by Crippen LogP contribution is 2.32. The van der Waals surface area contributed by atoms with Crippen LogP contribution in [0.15, 0.2) is 78.9 Å². The van der Waals surface area contributed by atoms with Crippen molar-refractivity contribution in [2.24, 2.45) is 0 Å². The standard InChI is InChI=1S/C22H19ClN2O3/c1-16(26)25(15-22(27)24-18-9-7-8-17(23)14-18)20-12-5-6-13-21(20)28-19-10-3-2-4-11-19/h2-14H,15H2,1H3,(H,24,27). The van der Waals surface area contributed by atoms with Crippen molar-refractivity contribution in [3.63, 3.8) is 0 Å². The molecule has 0 saturated carbocycles. The molecule has 0 atom stereocenters. The van der Waals surface area contributed by atoms with Crippen LogP contribution in [0, 0.1) is 0 Å². The van der Waals surface area contributed by atoms with E-state index in [9.17, 15) is 9.59 Å². The summed E-state index contributed by atoms with van der Waals surface area (Å²) in [5, 5.41) is 3.27. The Morgan fingerprint density at radius 1 is 0.964 bits per heavy atom. The van der Waals surface area contributed by atoms with Crippen molar-refractivity contribution in [2.45, 2.75) is 6.92 Å². The van der Waals surface area contributed by atoms with Crippen molar-refractivity contribution in [1.29, 1.82) is 0 Å². The number of rotatable bonds is 6. The highest BCUT2D eigenvalue weighted by molar-refractivity contribution is 6.30. The lowest BCUT2D eigenvalue weighted by atomic mass is 10.2. The van der Waals surface area contributed by atoms with Crippen LogP contribution in [0.25, 0.3) is 0 Å². The number of halogens is 1. The Bertz CT molecular complexity index is 976. The van der Waals surface area contributed by atoms with Crippen LogP contribution in [0.4, 0.5) is 11.4 Å². The molecular formula is C22H19ClN2O3. The molecule has 0 radical (unpaired) electrons. The Kier molecular flexibility index (Phi) is 6.29. The minimum Gasteiger partial charge on any atom is -0.455 e. The lowest BCUT2D eigenvalue weighted by Crippen LogP contribution is -2.36. The summed E-state index contributed by atoms with van der Waals surface area (Å²) < 4.78 is 5.91. The number of carbonyl (C=O) groups excluding carboxylic acids is 2. The van der Waals surface area contributed by atoms with E-state index in [-0.39, 0.29) is 18.4 Å². The molecule has 0 fully saturated rings. The Balaban J connectivity index is 1.80. The maximum atomic E-state index is 12.5. The first-order valence-electron chi connectivity index (χ1n) is 8.68. The fourth-order valence-electron chi connectivity index (χ4n) is 2.66. The number of benzene rings is 3. The molecule has 3 aromatic rings. The molecule has 0 aliphatic carbocycles. The van der Waals surface area contributed by atoms with Gasteiger partial charge in [0.15, 0.2) is 5.75 Å². The molecule has 0 unspecified atom stereocenters. The van der Waals surface area contributed by atoms with Gasteiger partial charge in [0.25, 0.3) is 0 Å². The van der Waals surface area contributed by atoms with Crippen LogP contribution in [0.3, 0.4) is 0 Å². The number of hydrogen-bond acceptors (Lipinski definition) is 3. The van der Waals surface area contributed by atoms with E-state index >= 15 is 0 Å². The molecular weight excluding hydrogens is 376 g/mol. The molecule has 3 aromatic carbocycles. The van der Waals surface area contributed by atoms with Crippen molar-refractivity contribution in [1.82, 2.24) is 0 Å². The Labute approximate surface area is 168 Å². The largest absolute Gasteiger partial charge is 0.455 e. The number of hydrogen-bond donors (Lipinski definition) is 1. The van der Waals surface area contributed by atoms with Crippen molar-refractivity contribution < 1.29 is 14.3 Å². The molecule has 0 spiro atoms. The van der Waals surface area contributed by atoms with Crippen LogP contribution >= 0.6 is 11.6 Å². The predicted molar refractivity (Wildman–Crippen MR) is 111 cm³/mol. The van der Waals surface area contributed by atoms with E-state index in [1.165, 1.54) is 11.8 Å². The fourth-order valence-corrected chi connectivity index (χ4v) is 2.85. The number of anilines is 2. The van der Waals surface area contributed by atoms with E-state index in [0.29, 0.717) is 27.9 Å². The van der Waals surface area contributed by atoms with Gasteiger partial charge in [0.1, 0.15) is 12.3 Å². The van der Waals surface area contributed by atoms with E-state index in [1.54, 1.807) is 42.5 Å². The van der Waals surface area contributed by atoms with Crippen LogP contribution in [0.2, 0.25) is 5.02 Å². The van der Waals surface area contributed by atoms with E-state index in [1.807, 2.05) is 36.4 Å². The van der Waals surface area contributed by atoms with E-state index in [2.05, 4.69) is 5.32 Å². The summed E-state index contributed by atoms with van der Waals surface area (Å²) in [5.74, 6) is 0.513. The monoisotopic (exact) mass is 394 g/mol. The molecule has 0 heterocycles. The number of nitrogens with one attached hydrogen (secondary N) is 1. The lowest BCUT2D eigenvalue weighted by Gasteiger charge is -2.23. The second-order valence-electron chi connectivity index (χ2n) is 6.05. The summed E-state index contributed by atoms with van der Waals surface area (Å²) in [4.78, 5) is 26.1. The van der Waals surface area contributed by atoms with Gasteiger partial charge in [-0.2, -0.15) is 0 Å². The molecule has 0 aliphatic rings.